The maximum Gasteiger partial charge on any atom is 0.408 e. The summed E-state index contributed by atoms with van der Waals surface area (Å²) >= 11 is 0. The molecule has 1 aliphatic heterocycles. The number of rotatable bonds is 14. The molecule has 1 saturated heterocycles. The van der Waals surface area contributed by atoms with Crippen molar-refractivity contribution in [3.63, 3.8) is 0 Å². The zero-order chi connectivity index (χ0) is 30.0. The normalized spacial score (nSPS) is 18.8. The van der Waals surface area contributed by atoms with Crippen molar-refractivity contribution in [3.05, 3.63) is 24.0 Å². The molecule has 1 heterocycles. The summed E-state index contributed by atoms with van der Waals surface area (Å²) in [6, 6.07) is 3.44. The highest BCUT2D eigenvalue weighted by Crippen LogP contribution is 2.33. The quantitative estimate of drug-likeness (QED) is 0.219. The summed E-state index contributed by atoms with van der Waals surface area (Å²) < 4.78 is 35.8. The molecule has 1 fully saturated rings. The van der Waals surface area contributed by atoms with E-state index in [9.17, 15) is 18.8 Å². The first-order valence-electron chi connectivity index (χ1n) is 14.1. The number of hydrogen-bond donors (Lipinski definition) is 2. The molecule has 0 unspecified atom stereocenters. The molecule has 0 spiro atoms. The lowest BCUT2D eigenvalue weighted by atomic mass is 9.83. The van der Waals surface area contributed by atoms with Crippen molar-refractivity contribution in [2.24, 2.45) is 23.7 Å². The van der Waals surface area contributed by atoms with Crippen molar-refractivity contribution < 1.29 is 37.7 Å². The Kier molecular flexibility index (Phi) is 12.7. The number of alkyl carbamates (subject to hydrolysis) is 1. The van der Waals surface area contributed by atoms with E-state index in [-0.39, 0.29) is 47.7 Å². The second kappa shape index (κ2) is 15.2. The van der Waals surface area contributed by atoms with E-state index in [4.69, 9.17) is 18.9 Å². The monoisotopic (exact) mass is 566 g/mol. The summed E-state index contributed by atoms with van der Waals surface area (Å²) in [4.78, 5) is 38.4. The van der Waals surface area contributed by atoms with Gasteiger partial charge >= 0.3 is 12.1 Å². The molecule has 2 N–H and O–H groups in total. The Morgan fingerprint density at radius 2 is 1.85 bits per heavy atom. The van der Waals surface area contributed by atoms with E-state index in [0.29, 0.717) is 38.2 Å². The zero-order valence-corrected chi connectivity index (χ0v) is 25.2. The van der Waals surface area contributed by atoms with Crippen molar-refractivity contribution in [1.82, 2.24) is 5.32 Å². The van der Waals surface area contributed by atoms with Gasteiger partial charge in [-0.25, -0.2) is 9.18 Å². The van der Waals surface area contributed by atoms with Gasteiger partial charge in [0.25, 0.3) is 0 Å². The van der Waals surface area contributed by atoms with Gasteiger partial charge in [-0.05, 0) is 63.5 Å². The van der Waals surface area contributed by atoms with E-state index in [1.165, 1.54) is 18.2 Å². The van der Waals surface area contributed by atoms with Crippen molar-refractivity contribution in [1.29, 1.82) is 0 Å². The van der Waals surface area contributed by atoms with Crippen LogP contribution in [0.3, 0.4) is 0 Å². The van der Waals surface area contributed by atoms with E-state index < -0.39 is 29.7 Å². The molecule has 1 aromatic carbocycles. The lowest BCUT2D eigenvalue weighted by molar-refractivity contribution is -0.146. The Morgan fingerprint density at radius 3 is 2.42 bits per heavy atom. The molecular weight excluding hydrogens is 519 g/mol. The van der Waals surface area contributed by atoms with Gasteiger partial charge in [-0.2, -0.15) is 0 Å². The summed E-state index contributed by atoms with van der Waals surface area (Å²) in [5, 5.41) is 5.76. The minimum atomic E-state index is -0.697. The molecule has 0 saturated carbocycles. The Morgan fingerprint density at radius 1 is 1.15 bits per heavy atom. The number of methoxy groups -OCH3 is 1. The maximum atomic E-state index is 13.9. The smallest absolute Gasteiger partial charge is 0.408 e. The highest BCUT2D eigenvalue weighted by molar-refractivity contribution is 5.92. The summed E-state index contributed by atoms with van der Waals surface area (Å²) in [5.74, 6) is -1.01. The van der Waals surface area contributed by atoms with Gasteiger partial charge in [0.15, 0.2) is 0 Å². The highest BCUT2D eigenvalue weighted by Gasteiger charge is 2.42. The van der Waals surface area contributed by atoms with Crippen LogP contribution in [0, 0.1) is 29.5 Å². The predicted octanol–water partition coefficient (Wildman–Crippen LogP) is 5.71. The third kappa shape index (κ3) is 10.9. The van der Waals surface area contributed by atoms with Crippen LogP contribution < -0.4 is 15.4 Å². The SMILES string of the molecule is COCCCOc1cc(F)ccc1NC(=O)C[C@@H](C[C@H](NC(=O)OC(C)(C)C)[C@H]1C[C@@H](C(C)C)C(=O)O1)C(C)C. The van der Waals surface area contributed by atoms with Crippen LogP contribution in [0.4, 0.5) is 14.9 Å². The summed E-state index contributed by atoms with van der Waals surface area (Å²) in [6.07, 6.45) is 0.505. The molecule has 226 valence electrons. The van der Waals surface area contributed by atoms with Gasteiger partial charge in [0.1, 0.15) is 23.3 Å². The second-order valence-electron chi connectivity index (χ2n) is 12.1. The Bertz CT molecular complexity index is 993. The van der Waals surface area contributed by atoms with E-state index >= 15 is 0 Å². The Labute approximate surface area is 237 Å². The van der Waals surface area contributed by atoms with Crippen LogP contribution in [0.15, 0.2) is 18.2 Å². The number of hydrogen-bond acceptors (Lipinski definition) is 7. The molecule has 10 heteroatoms. The fourth-order valence-electron chi connectivity index (χ4n) is 4.65. The number of carbonyl (C=O) groups is 3. The number of benzene rings is 1. The molecular formula is C30H47FN2O7. The van der Waals surface area contributed by atoms with Crippen LogP contribution in [0.5, 0.6) is 5.75 Å². The van der Waals surface area contributed by atoms with Gasteiger partial charge in [-0.15, -0.1) is 0 Å². The van der Waals surface area contributed by atoms with Gasteiger partial charge in [0, 0.05) is 32.6 Å². The Balaban J connectivity index is 2.17. The fourth-order valence-corrected chi connectivity index (χ4v) is 4.65. The maximum absolute atomic E-state index is 13.9. The average Bonchev–Trinajstić information content (AvgIpc) is 3.23. The van der Waals surface area contributed by atoms with Crippen LogP contribution in [-0.4, -0.2) is 56.0 Å². The summed E-state index contributed by atoms with van der Waals surface area (Å²) in [6.45, 7) is 14.1. The summed E-state index contributed by atoms with van der Waals surface area (Å²) in [7, 11) is 1.59. The number of amides is 2. The van der Waals surface area contributed by atoms with Gasteiger partial charge in [-0.3, -0.25) is 9.59 Å². The first kappa shape index (κ1) is 33.3. The molecule has 1 aromatic rings. The first-order chi connectivity index (χ1) is 18.7. The van der Waals surface area contributed by atoms with Crippen molar-refractivity contribution >= 4 is 23.7 Å². The van der Waals surface area contributed by atoms with Crippen LogP contribution in [-0.2, 0) is 23.8 Å². The molecule has 2 amide bonds. The molecule has 40 heavy (non-hydrogen) atoms. The number of esters is 1. The Hall–Kier alpha value is -2.88. The average molecular weight is 567 g/mol. The molecule has 0 aliphatic carbocycles. The van der Waals surface area contributed by atoms with Crippen molar-refractivity contribution in [3.8, 4) is 5.75 Å². The van der Waals surface area contributed by atoms with Gasteiger partial charge < -0.3 is 29.6 Å². The topological polar surface area (TPSA) is 112 Å². The first-order valence-corrected chi connectivity index (χ1v) is 14.1. The van der Waals surface area contributed by atoms with Crippen LogP contribution in [0.1, 0.15) is 74.1 Å². The molecule has 0 bridgehead atoms. The minimum Gasteiger partial charge on any atom is -0.491 e. The minimum absolute atomic E-state index is 0.0738. The molecule has 9 nitrogen and oxygen atoms in total. The van der Waals surface area contributed by atoms with E-state index in [0.717, 1.165) is 0 Å². The number of nitrogens with one attached hydrogen (secondary N) is 2. The van der Waals surface area contributed by atoms with E-state index in [1.807, 2.05) is 27.7 Å². The van der Waals surface area contributed by atoms with Crippen molar-refractivity contribution in [2.75, 3.05) is 25.6 Å². The third-order valence-electron chi connectivity index (χ3n) is 6.93. The van der Waals surface area contributed by atoms with Crippen LogP contribution in [0.2, 0.25) is 0 Å². The fraction of sp³-hybridized carbons (Fsp3) is 0.700. The van der Waals surface area contributed by atoms with E-state index in [1.54, 1.807) is 27.9 Å². The van der Waals surface area contributed by atoms with Crippen molar-refractivity contribution in [2.45, 2.75) is 91.9 Å². The third-order valence-corrected chi connectivity index (χ3v) is 6.93. The molecule has 0 aromatic heterocycles. The number of carbonyl (C=O) groups excluding carboxylic acids is 3. The number of cyclic esters (lactones) is 1. The molecule has 2 rings (SSSR count). The van der Waals surface area contributed by atoms with E-state index in [2.05, 4.69) is 10.6 Å². The predicted molar refractivity (Wildman–Crippen MR) is 151 cm³/mol. The van der Waals surface area contributed by atoms with Crippen LogP contribution in [0.25, 0.3) is 0 Å². The van der Waals surface area contributed by atoms with Gasteiger partial charge in [0.2, 0.25) is 5.91 Å². The molecule has 4 atom stereocenters. The van der Waals surface area contributed by atoms with Gasteiger partial charge in [-0.1, -0.05) is 27.7 Å². The molecule has 0 radical (unpaired) electrons. The highest BCUT2D eigenvalue weighted by atomic mass is 19.1. The number of anilines is 1. The molecule has 1 aliphatic rings. The standard InChI is InChI=1S/C30H47FN2O7/c1-18(2)20(15-27(34)32-23-11-10-21(31)16-25(23)38-13-9-12-37-8)14-24(33-29(36)40-30(5,6)7)26-17-22(19(3)4)28(35)39-26/h10-11,16,18-20,22,24,26H,9,12-15,17H2,1-8H3,(H,32,34)(H,33,36)/t20-,22+,24+,26-/m1/s1. The summed E-state index contributed by atoms with van der Waals surface area (Å²) in [5.41, 5.74) is -0.323. The largest absolute Gasteiger partial charge is 0.491 e. The number of ether oxygens (including phenoxy) is 4. The lowest BCUT2D eigenvalue weighted by Gasteiger charge is -2.31. The second-order valence-corrected chi connectivity index (χ2v) is 12.1. The lowest BCUT2D eigenvalue weighted by Crippen LogP contribution is -2.47. The zero-order valence-electron chi connectivity index (χ0n) is 25.2. The number of halogens is 1. The van der Waals surface area contributed by atoms with Crippen LogP contribution >= 0.6 is 0 Å². The van der Waals surface area contributed by atoms with Gasteiger partial charge in [0.05, 0.1) is 24.3 Å².